The van der Waals surface area contributed by atoms with E-state index in [2.05, 4.69) is 34.5 Å². The van der Waals surface area contributed by atoms with Crippen LogP contribution in [0.3, 0.4) is 0 Å². The van der Waals surface area contributed by atoms with Gasteiger partial charge < -0.3 is 15.5 Å². The largest absolute Gasteiger partial charge is 0.357 e. The van der Waals surface area contributed by atoms with Gasteiger partial charge in [0.1, 0.15) is 5.82 Å². The van der Waals surface area contributed by atoms with E-state index in [0.717, 1.165) is 37.7 Å². The zero-order valence-corrected chi connectivity index (χ0v) is 14.4. The Labute approximate surface area is 133 Å². The zero-order chi connectivity index (χ0) is 16.5. The van der Waals surface area contributed by atoms with Gasteiger partial charge in [-0.1, -0.05) is 19.1 Å². The monoisotopic (exact) mass is 308 g/mol. The zero-order valence-electron chi connectivity index (χ0n) is 14.4. The molecule has 124 valence electrons. The molecule has 0 amide bonds. The Kier molecular flexibility index (Phi) is 7.88. The Morgan fingerprint density at radius 3 is 2.68 bits per heavy atom. The summed E-state index contributed by atoms with van der Waals surface area (Å²) in [6, 6.07) is 5.34. The van der Waals surface area contributed by atoms with Crippen molar-refractivity contribution in [3.8, 4) is 0 Å². The number of rotatable bonds is 7. The summed E-state index contributed by atoms with van der Waals surface area (Å²) in [7, 11) is 2.08. The first-order valence-corrected chi connectivity index (χ1v) is 7.97. The number of aliphatic imine (C=N–C) groups is 1. The SMILES string of the molecule is CCNC(=NCCN(C)CC)NC(C)c1ccc(C)c(F)c1. The molecule has 0 aliphatic carbocycles. The van der Waals surface area contributed by atoms with Gasteiger partial charge in [0.2, 0.25) is 0 Å². The van der Waals surface area contributed by atoms with E-state index in [1.807, 2.05) is 26.0 Å². The topological polar surface area (TPSA) is 39.7 Å². The molecule has 0 aliphatic rings. The minimum Gasteiger partial charge on any atom is -0.357 e. The number of likely N-dealkylation sites (N-methyl/N-ethyl adjacent to an activating group) is 1. The molecule has 0 heterocycles. The highest BCUT2D eigenvalue weighted by Crippen LogP contribution is 2.16. The van der Waals surface area contributed by atoms with E-state index in [0.29, 0.717) is 5.56 Å². The second kappa shape index (κ2) is 9.41. The van der Waals surface area contributed by atoms with Gasteiger partial charge in [-0.05, 0) is 51.6 Å². The molecule has 0 fully saturated rings. The van der Waals surface area contributed by atoms with Crippen molar-refractivity contribution < 1.29 is 4.39 Å². The maximum absolute atomic E-state index is 13.7. The fourth-order valence-corrected chi connectivity index (χ4v) is 1.98. The lowest BCUT2D eigenvalue weighted by atomic mass is 10.1. The van der Waals surface area contributed by atoms with Gasteiger partial charge >= 0.3 is 0 Å². The Bertz CT molecular complexity index is 488. The van der Waals surface area contributed by atoms with E-state index in [1.54, 1.807) is 13.0 Å². The predicted octanol–water partition coefficient (Wildman–Crippen LogP) is 2.70. The Hall–Kier alpha value is -1.62. The lowest BCUT2D eigenvalue weighted by Gasteiger charge is -2.19. The molecular formula is C17H29FN4. The van der Waals surface area contributed by atoms with Crippen LogP contribution in [0, 0.1) is 12.7 Å². The van der Waals surface area contributed by atoms with Gasteiger partial charge in [-0.15, -0.1) is 0 Å². The van der Waals surface area contributed by atoms with Gasteiger partial charge in [0.25, 0.3) is 0 Å². The molecule has 0 saturated carbocycles. The summed E-state index contributed by atoms with van der Waals surface area (Å²) in [5.41, 5.74) is 1.58. The van der Waals surface area contributed by atoms with Crippen molar-refractivity contribution in [1.29, 1.82) is 0 Å². The van der Waals surface area contributed by atoms with E-state index in [-0.39, 0.29) is 11.9 Å². The average Bonchev–Trinajstić information content (AvgIpc) is 2.49. The molecule has 1 aromatic carbocycles. The number of hydrogen-bond acceptors (Lipinski definition) is 2. The summed E-state index contributed by atoms with van der Waals surface area (Å²) in [5, 5.41) is 6.55. The standard InChI is InChI=1S/C17H29FN4/c1-6-19-17(20-10-11-22(5)7-2)21-14(4)15-9-8-13(3)16(18)12-15/h8-9,12,14H,6-7,10-11H2,1-5H3,(H2,19,20,21). The third-order valence-electron chi connectivity index (χ3n) is 3.68. The predicted molar refractivity (Wildman–Crippen MR) is 91.8 cm³/mol. The van der Waals surface area contributed by atoms with Crippen LogP contribution in [0.4, 0.5) is 4.39 Å². The first kappa shape index (κ1) is 18.4. The fourth-order valence-electron chi connectivity index (χ4n) is 1.98. The van der Waals surface area contributed by atoms with Crippen LogP contribution in [0.2, 0.25) is 0 Å². The van der Waals surface area contributed by atoms with Crippen molar-refractivity contribution in [2.75, 3.05) is 33.2 Å². The molecule has 1 atom stereocenters. The number of nitrogens with zero attached hydrogens (tertiary/aromatic N) is 2. The molecule has 0 saturated heterocycles. The van der Waals surface area contributed by atoms with Crippen molar-refractivity contribution in [2.45, 2.75) is 33.7 Å². The molecule has 0 spiro atoms. The Balaban J connectivity index is 2.68. The molecule has 1 unspecified atom stereocenters. The van der Waals surface area contributed by atoms with E-state index >= 15 is 0 Å². The van der Waals surface area contributed by atoms with Gasteiger partial charge in [-0.25, -0.2) is 4.39 Å². The average molecular weight is 308 g/mol. The lowest BCUT2D eigenvalue weighted by Crippen LogP contribution is -2.39. The molecule has 2 N–H and O–H groups in total. The van der Waals surface area contributed by atoms with Crippen molar-refractivity contribution >= 4 is 5.96 Å². The van der Waals surface area contributed by atoms with Gasteiger partial charge in [0, 0.05) is 13.1 Å². The number of hydrogen-bond donors (Lipinski definition) is 2. The summed E-state index contributed by atoms with van der Waals surface area (Å²) >= 11 is 0. The maximum atomic E-state index is 13.7. The van der Waals surface area contributed by atoms with Crippen molar-refractivity contribution in [1.82, 2.24) is 15.5 Å². The third-order valence-corrected chi connectivity index (χ3v) is 3.68. The summed E-state index contributed by atoms with van der Waals surface area (Å²) in [4.78, 5) is 6.78. The van der Waals surface area contributed by atoms with E-state index < -0.39 is 0 Å². The van der Waals surface area contributed by atoms with Crippen molar-refractivity contribution in [2.24, 2.45) is 4.99 Å². The van der Waals surface area contributed by atoms with Crippen molar-refractivity contribution in [3.05, 3.63) is 35.1 Å². The number of halogens is 1. The first-order valence-electron chi connectivity index (χ1n) is 7.97. The van der Waals surface area contributed by atoms with Crippen LogP contribution < -0.4 is 10.6 Å². The van der Waals surface area contributed by atoms with Gasteiger partial charge in [0.15, 0.2) is 5.96 Å². The van der Waals surface area contributed by atoms with Crippen LogP contribution in [0.25, 0.3) is 0 Å². The molecule has 22 heavy (non-hydrogen) atoms. The van der Waals surface area contributed by atoms with Crippen LogP contribution in [-0.4, -0.2) is 44.1 Å². The number of aryl methyl sites for hydroxylation is 1. The Morgan fingerprint density at radius 1 is 1.36 bits per heavy atom. The molecular weight excluding hydrogens is 279 g/mol. The molecule has 5 heteroatoms. The minimum absolute atomic E-state index is 0.00296. The smallest absolute Gasteiger partial charge is 0.191 e. The normalized spacial score (nSPS) is 13.3. The quantitative estimate of drug-likeness (QED) is 0.601. The number of nitrogens with one attached hydrogen (secondary N) is 2. The number of guanidine groups is 1. The summed E-state index contributed by atoms with van der Waals surface area (Å²) in [6.45, 7) is 11.4. The van der Waals surface area contributed by atoms with Crippen LogP contribution in [0.15, 0.2) is 23.2 Å². The highest BCUT2D eigenvalue weighted by molar-refractivity contribution is 5.80. The maximum Gasteiger partial charge on any atom is 0.191 e. The molecule has 0 aliphatic heterocycles. The van der Waals surface area contributed by atoms with Crippen LogP contribution >= 0.6 is 0 Å². The van der Waals surface area contributed by atoms with Crippen molar-refractivity contribution in [3.63, 3.8) is 0 Å². The molecule has 0 bridgehead atoms. The Morgan fingerprint density at radius 2 is 2.09 bits per heavy atom. The van der Waals surface area contributed by atoms with Crippen LogP contribution in [0.5, 0.6) is 0 Å². The van der Waals surface area contributed by atoms with Crippen LogP contribution in [0.1, 0.15) is 37.9 Å². The molecule has 0 radical (unpaired) electrons. The highest BCUT2D eigenvalue weighted by Gasteiger charge is 2.09. The summed E-state index contributed by atoms with van der Waals surface area (Å²) in [5.74, 6) is 0.596. The van der Waals surface area contributed by atoms with Gasteiger partial charge in [-0.3, -0.25) is 4.99 Å². The van der Waals surface area contributed by atoms with Gasteiger partial charge in [0.05, 0.1) is 12.6 Å². The first-order chi connectivity index (χ1) is 10.5. The van der Waals surface area contributed by atoms with E-state index in [9.17, 15) is 4.39 Å². The summed E-state index contributed by atoms with van der Waals surface area (Å²) < 4.78 is 13.7. The molecule has 1 aromatic rings. The highest BCUT2D eigenvalue weighted by atomic mass is 19.1. The number of benzene rings is 1. The fraction of sp³-hybridized carbons (Fsp3) is 0.588. The molecule has 1 rings (SSSR count). The second-order valence-corrected chi connectivity index (χ2v) is 5.53. The minimum atomic E-state index is -0.169. The van der Waals surface area contributed by atoms with E-state index in [4.69, 9.17) is 0 Å². The molecule has 4 nitrogen and oxygen atoms in total. The van der Waals surface area contributed by atoms with Gasteiger partial charge in [-0.2, -0.15) is 0 Å². The van der Waals surface area contributed by atoms with E-state index in [1.165, 1.54) is 0 Å². The lowest BCUT2D eigenvalue weighted by molar-refractivity contribution is 0.363. The van der Waals surface area contributed by atoms with Crippen LogP contribution in [-0.2, 0) is 0 Å². The second-order valence-electron chi connectivity index (χ2n) is 5.53. The summed E-state index contributed by atoms with van der Waals surface area (Å²) in [6.07, 6.45) is 0. The third kappa shape index (κ3) is 6.02. The molecule has 0 aromatic heterocycles.